The van der Waals surface area contributed by atoms with Gasteiger partial charge in [0.05, 0.1) is 16.9 Å². The highest BCUT2D eigenvalue weighted by molar-refractivity contribution is 7.71. The summed E-state index contributed by atoms with van der Waals surface area (Å²) in [4.78, 5) is 31.4. The van der Waals surface area contributed by atoms with Gasteiger partial charge in [0, 0.05) is 18.2 Å². The van der Waals surface area contributed by atoms with Gasteiger partial charge in [-0.1, -0.05) is 18.2 Å². The van der Waals surface area contributed by atoms with Gasteiger partial charge in [0.1, 0.15) is 5.82 Å². The van der Waals surface area contributed by atoms with Gasteiger partial charge in [0.25, 0.3) is 11.5 Å². The van der Waals surface area contributed by atoms with Gasteiger partial charge in [-0.2, -0.15) is 0 Å². The van der Waals surface area contributed by atoms with Crippen molar-refractivity contribution in [2.75, 3.05) is 7.05 Å². The zero-order chi connectivity index (χ0) is 18.1. The van der Waals surface area contributed by atoms with Crippen LogP contribution in [-0.2, 0) is 0 Å². The summed E-state index contributed by atoms with van der Waals surface area (Å²) >= 11 is 4.96. The number of halogens is 1. The van der Waals surface area contributed by atoms with Crippen LogP contribution in [0, 0.1) is 10.6 Å². The van der Waals surface area contributed by atoms with Gasteiger partial charge in [-0.05, 0) is 43.4 Å². The lowest BCUT2D eigenvalue weighted by Crippen LogP contribution is -2.30. The Balaban J connectivity index is 1.97. The van der Waals surface area contributed by atoms with Crippen molar-refractivity contribution in [2.24, 2.45) is 0 Å². The third-order valence-corrected chi connectivity index (χ3v) is 4.45. The molecule has 0 unspecified atom stereocenters. The number of carbonyl (C=O) groups is 1. The third-order valence-electron chi connectivity index (χ3n) is 4.24. The number of fused-ring (bicyclic) bond motifs is 1. The molecular formula is C18H16FN3O2S. The molecule has 2 N–H and O–H groups in total. The number of carbonyl (C=O) groups excluding carboxylic acids is 1. The second-order valence-electron chi connectivity index (χ2n) is 5.78. The molecule has 1 heterocycles. The number of rotatable bonds is 3. The Morgan fingerprint density at radius 2 is 1.92 bits per heavy atom. The molecule has 5 nitrogen and oxygen atoms in total. The summed E-state index contributed by atoms with van der Waals surface area (Å²) in [7, 11) is 1.61. The predicted octanol–water partition coefficient (Wildman–Crippen LogP) is 3.56. The normalized spacial score (nSPS) is 12.1. The van der Waals surface area contributed by atoms with E-state index in [1.807, 2.05) is 0 Å². The summed E-state index contributed by atoms with van der Waals surface area (Å²) in [6.07, 6.45) is 0. The van der Waals surface area contributed by atoms with Crippen molar-refractivity contribution in [2.45, 2.75) is 13.0 Å². The number of hydrogen-bond donors (Lipinski definition) is 2. The first-order valence-corrected chi connectivity index (χ1v) is 8.07. The SMILES string of the molecule is C[C@H](c1ccccc1F)N(C)C(=O)c1ccc2c(=O)[nH]c(=S)[nH]c2c1. The second-order valence-corrected chi connectivity index (χ2v) is 6.19. The van der Waals surface area contributed by atoms with Crippen molar-refractivity contribution in [1.29, 1.82) is 0 Å². The average Bonchev–Trinajstić information content (AvgIpc) is 2.59. The molecule has 0 aliphatic rings. The first-order chi connectivity index (χ1) is 11.9. The van der Waals surface area contributed by atoms with Crippen molar-refractivity contribution in [1.82, 2.24) is 14.9 Å². The highest BCUT2D eigenvalue weighted by Gasteiger charge is 2.21. The Hall–Kier alpha value is -2.80. The number of nitrogens with zero attached hydrogens (tertiary/aromatic N) is 1. The van der Waals surface area contributed by atoms with Gasteiger partial charge in [0.2, 0.25) is 0 Å². The predicted molar refractivity (Wildman–Crippen MR) is 96.7 cm³/mol. The minimum Gasteiger partial charge on any atom is -0.335 e. The molecule has 1 amide bonds. The number of aromatic nitrogens is 2. The highest BCUT2D eigenvalue weighted by atomic mass is 32.1. The van der Waals surface area contributed by atoms with Crippen LogP contribution in [0.5, 0.6) is 0 Å². The topological polar surface area (TPSA) is 69.0 Å². The molecule has 0 aliphatic carbocycles. The van der Waals surface area contributed by atoms with E-state index in [2.05, 4.69) is 9.97 Å². The molecule has 2 aromatic carbocycles. The van der Waals surface area contributed by atoms with E-state index in [1.165, 1.54) is 11.0 Å². The summed E-state index contributed by atoms with van der Waals surface area (Å²) in [5, 5.41) is 0.412. The van der Waals surface area contributed by atoms with Crippen LogP contribution in [0.15, 0.2) is 47.3 Å². The molecule has 0 spiro atoms. The van der Waals surface area contributed by atoms with Crippen LogP contribution in [0.2, 0.25) is 0 Å². The summed E-state index contributed by atoms with van der Waals surface area (Å²) < 4.78 is 14.2. The molecule has 1 aromatic heterocycles. The number of H-pyrrole nitrogens is 2. The molecule has 0 fully saturated rings. The molecule has 0 saturated heterocycles. The Bertz CT molecular complexity index is 1070. The van der Waals surface area contributed by atoms with Gasteiger partial charge < -0.3 is 9.88 Å². The highest BCUT2D eigenvalue weighted by Crippen LogP contribution is 2.23. The first kappa shape index (κ1) is 17.0. The molecule has 3 rings (SSSR count). The fourth-order valence-corrected chi connectivity index (χ4v) is 2.91. The number of benzene rings is 2. The molecule has 7 heteroatoms. The van der Waals surface area contributed by atoms with Gasteiger partial charge in [-0.25, -0.2) is 4.39 Å². The van der Waals surface area contributed by atoms with E-state index < -0.39 is 6.04 Å². The number of amides is 1. The standard InChI is InChI=1S/C18H16FN3O2S/c1-10(12-5-3-4-6-14(12)19)22(2)17(24)11-7-8-13-15(9-11)20-18(25)21-16(13)23/h3-10H,1-2H3,(H2,20,21,23,25)/t10-/m1/s1. The van der Waals surface area contributed by atoms with Crippen molar-refractivity contribution in [3.05, 3.63) is 74.5 Å². The number of nitrogens with one attached hydrogen (secondary N) is 2. The van der Waals surface area contributed by atoms with Gasteiger partial charge in [-0.3, -0.25) is 14.6 Å². The Labute approximate surface area is 148 Å². The van der Waals surface area contributed by atoms with E-state index in [-0.39, 0.29) is 22.1 Å². The summed E-state index contributed by atoms with van der Waals surface area (Å²) in [6.45, 7) is 1.76. The minimum absolute atomic E-state index is 0.190. The molecule has 128 valence electrons. The molecule has 0 bridgehead atoms. The van der Waals surface area contributed by atoms with Gasteiger partial charge in [-0.15, -0.1) is 0 Å². The van der Waals surface area contributed by atoms with E-state index in [1.54, 1.807) is 50.4 Å². The number of aromatic amines is 2. The summed E-state index contributed by atoms with van der Waals surface area (Å²) in [5.74, 6) is -0.638. The van der Waals surface area contributed by atoms with E-state index in [0.717, 1.165) is 0 Å². The van der Waals surface area contributed by atoms with E-state index in [4.69, 9.17) is 12.2 Å². The fraction of sp³-hybridized carbons (Fsp3) is 0.167. The van der Waals surface area contributed by atoms with Gasteiger partial charge >= 0.3 is 0 Å². The lowest BCUT2D eigenvalue weighted by Gasteiger charge is -2.25. The zero-order valence-electron chi connectivity index (χ0n) is 13.7. The first-order valence-electron chi connectivity index (χ1n) is 7.66. The molecule has 3 aromatic rings. The van der Waals surface area contributed by atoms with Crippen molar-refractivity contribution in [3.63, 3.8) is 0 Å². The maximum absolute atomic E-state index is 14.0. The van der Waals surface area contributed by atoms with Crippen molar-refractivity contribution in [3.8, 4) is 0 Å². The monoisotopic (exact) mass is 357 g/mol. The van der Waals surface area contributed by atoms with Crippen LogP contribution in [-0.4, -0.2) is 27.8 Å². The number of hydrogen-bond acceptors (Lipinski definition) is 3. The zero-order valence-corrected chi connectivity index (χ0v) is 14.5. The minimum atomic E-state index is -0.443. The lowest BCUT2D eigenvalue weighted by atomic mass is 10.1. The van der Waals surface area contributed by atoms with E-state index in [9.17, 15) is 14.0 Å². The molecular weight excluding hydrogens is 341 g/mol. The van der Waals surface area contributed by atoms with E-state index >= 15 is 0 Å². The average molecular weight is 357 g/mol. The van der Waals surface area contributed by atoms with Crippen LogP contribution in [0.25, 0.3) is 10.9 Å². The van der Waals surface area contributed by atoms with Crippen molar-refractivity contribution >= 4 is 29.0 Å². The maximum Gasteiger partial charge on any atom is 0.259 e. The fourth-order valence-electron chi connectivity index (χ4n) is 2.70. The maximum atomic E-state index is 14.0. The van der Waals surface area contributed by atoms with Gasteiger partial charge in [0.15, 0.2) is 4.77 Å². The van der Waals surface area contributed by atoms with Crippen LogP contribution in [0.4, 0.5) is 4.39 Å². The largest absolute Gasteiger partial charge is 0.335 e. The third kappa shape index (κ3) is 3.23. The molecule has 0 radical (unpaired) electrons. The van der Waals surface area contributed by atoms with Crippen LogP contribution in [0.1, 0.15) is 28.9 Å². The Morgan fingerprint density at radius 3 is 2.64 bits per heavy atom. The Kier molecular flexibility index (Phi) is 4.50. The van der Waals surface area contributed by atoms with Crippen LogP contribution >= 0.6 is 12.2 Å². The van der Waals surface area contributed by atoms with Crippen molar-refractivity contribution < 1.29 is 9.18 Å². The second kappa shape index (κ2) is 6.60. The lowest BCUT2D eigenvalue weighted by molar-refractivity contribution is 0.0740. The quantitative estimate of drug-likeness (QED) is 0.704. The van der Waals surface area contributed by atoms with E-state index in [0.29, 0.717) is 22.0 Å². The van der Waals surface area contributed by atoms with Crippen LogP contribution in [0.3, 0.4) is 0 Å². The van der Waals surface area contributed by atoms with Crippen LogP contribution < -0.4 is 5.56 Å². The molecule has 0 aliphatic heterocycles. The molecule has 0 saturated carbocycles. The summed E-state index contributed by atoms with van der Waals surface area (Å²) in [5.41, 5.74) is 0.988. The smallest absolute Gasteiger partial charge is 0.259 e. The summed E-state index contributed by atoms with van der Waals surface area (Å²) in [6, 6.07) is 10.6. The molecule has 1 atom stereocenters. The molecule has 25 heavy (non-hydrogen) atoms. The Morgan fingerprint density at radius 1 is 1.20 bits per heavy atom.